The van der Waals surface area contributed by atoms with E-state index in [1.807, 2.05) is 0 Å². The number of thiocarbonyl (C=S) groups is 1. The number of nitrogens with two attached hydrogens (primary N) is 1. The van der Waals surface area contributed by atoms with Gasteiger partial charge < -0.3 is 10.6 Å². The van der Waals surface area contributed by atoms with Gasteiger partial charge in [-0.3, -0.25) is 4.79 Å². The average Bonchev–Trinajstić information content (AvgIpc) is 1.99. The van der Waals surface area contributed by atoms with Crippen molar-refractivity contribution in [1.82, 2.24) is 4.90 Å². The van der Waals surface area contributed by atoms with Gasteiger partial charge in [0.15, 0.2) is 0 Å². The molecule has 94 valence electrons. The lowest BCUT2D eigenvalue weighted by molar-refractivity contribution is -0.190. The predicted octanol–water partition coefficient (Wildman–Crippen LogP) is 1.85. The van der Waals surface area contributed by atoms with Crippen molar-refractivity contribution in [3.63, 3.8) is 0 Å². The smallest absolute Gasteiger partial charge is 0.393 e. The SMILES string of the molecule is CC(C)(C)N(CCC(N)=S)C(=O)C(F)(F)F. The van der Waals surface area contributed by atoms with Gasteiger partial charge in [-0.25, -0.2) is 0 Å². The maximum absolute atomic E-state index is 12.3. The fourth-order valence-electron chi connectivity index (χ4n) is 1.12. The van der Waals surface area contributed by atoms with Crippen LogP contribution >= 0.6 is 12.2 Å². The summed E-state index contributed by atoms with van der Waals surface area (Å²) in [5.41, 5.74) is 4.29. The number of hydrogen-bond donors (Lipinski definition) is 1. The van der Waals surface area contributed by atoms with Crippen LogP contribution in [-0.4, -0.2) is 34.1 Å². The third kappa shape index (κ3) is 4.78. The van der Waals surface area contributed by atoms with Gasteiger partial charge in [0, 0.05) is 18.5 Å². The van der Waals surface area contributed by atoms with E-state index in [-0.39, 0.29) is 18.0 Å². The third-order valence-electron chi connectivity index (χ3n) is 1.88. The number of hydrogen-bond acceptors (Lipinski definition) is 2. The van der Waals surface area contributed by atoms with Crippen molar-refractivity contribution in [2.24, 2.45) is 5.73 Å². The van der Waals surface area contributed by atoms with Crippen molar-refractivity contribution in [2.75, 3.05) is 6.54 Å². The standard InChI is InChI=1S/C9H15F3N2OS/c1-8(2,3)14(5-4-6(13)16)7(15)9(10,11)12/h4-5H2,1-3H3,(H2,13,16). The minimum absolute atomic E-state index is 0.0778. The number of carbonyl (C=O) groups is 1. The lowest BCUT2D eigenvalue weighted by Gasteiger charge is -2.36. The van der Waals surface area contributed by atoms with E-state index < -0.39 is 17.6 Å². The molecule has 16 heavy (non-hydrogen) atoms. The van der Waals surface area contributed by atoms with Crippen LogP contribution in [0.2, 0.25) is 0 Å². The molecule has 0 bridgehead atoms. The quantitative estimate of drug-likeness (QED) is 0.784. The van der Waals surface area contributed by atoms with E-state index in [4.69, 9.17) is 5.73 Å². The molecule has 0 unspecified atom stereocenters. The molecule has 0 aromatic rings. The van der Waals surface area contributed by atoms with Crippen LogP contribution in [0, 0.1) is 0 Å². The Balaban J connectivity index is 4.83. The summed E-state index contributed by atoms with van der Waals surface area (Å²) in [6, 6.07) is 0. The number of carbonyl (C=O) groups excluding carboxylic acids is 1. The van der Waals surface area contributed by atoms with Crippen LogP contribution in [0.3, 0.4) is 0 Å². The second kappa shape index (κ2) is 4.99. The molecule has 0 aromatic heterocycles. The molecule has 0 radical (unpaired) electrons. The summed E-state index contributed by atoms with van der Waals surface area (Å²) >= 11 is 4.58. The molecule has 0 saturated carbocycles. The summed E-state index contributed by atoms with van der Waals surface area (Å²) in [5.74, 6) is -1.86. The second-order valence-corrected chi connectivity index (χ2v) is 4.87. The summed E-state index contributed by atoms with van der Waals surface area (Å²) < 4.78 is 36.9. The molecular formula is C9H15F3N2OS. The van der Waals surface area contributed by atoms with Gasteiger partial charge in [0.2, 0.25) is 0 Å². The van der Waals surface area contributed by atoms with Crippen molar-refractivity contribution in [3.8, 4) is 0 Å². The van der Waals surface area contributed by atoms with Crippen molar-refractivity contribution < 1.29 is 18.0 Å². The monoisotopic (exact) mass is 256 g/mol. The summed E-state index contributed by atoms with van der Waals surface area (Å²) in [6.45, 7) is 4.44. The van der Waals surface area contributed by atoms with Crippen LogP contribution < -0.4 is 5.73 Å². The summed E-state index contributed by atoms with van der Waals surface area (Å²) in [5, 5.41) is 0. The fraction of sp³-hybridized carbons (Fsp3) is 0.778. The molecule has 0 aliphatic rings. The molecule has 3 nitrogen and oxygen atoms in total. The highest BCUT2D eigenvalue weighted by molar-refractivity contribution is 7.80. The number of amides is 1. The van der Waals surface area contributed by atoms with Crippen LogP contribution in [0.25, 0.3) is 0 Å². The molecule has 0 spiro atoms. The van der Waals surface area contributed by atoms with Crippen LogP contribution in [0.5, 0.6) is 0 Å². The molecule has 0 aliphatic heterocycles. The Morgan fingerprint density at radius 1 is 1.31 bits per heavy atom. The molecule has 0 rings (SSSR count). The molecule has 1 amide bonds. The van der Waals surface area contributed by atoms with E-state index in [0.717, 1.165) is 4.90 Å². The van der Waals surface area contributed by atoms with Crippen LogP contribution in [0.15, 0.2) is 0 Å². The van der Waals surface area contributed by atoms with Gasteiger partial charge in [0.05, 0.1) is 4.99 Å². The first-order valence-electron chi connectivity index (χ1n) is 4.63. The van der Waals surface area contributed by atoms with Crippen molar-refractivity contribution >= 4 is 23.1 Å². The first-order valence-corrected chi connectivity index (χ1v) is 5.04. The molecule has 7 heteroatoms. The Labute approximate surface area is 97.8 Å². The summed E-state index contributed by atoms with van der Waals surface area (Å²) in [7, 11) is 0. The molecular weight excluding hydrogens is 241 g/mol. The zero-order chi connectivity index (χ0) is 13.1. The lowest BCUT2D eigenvalue weighted by Crippen LogP contribution is -2.52. The molecule has 0 fully saturated rings. The van der Waals surface area contributed by atoms with E-state index in [2.05, 4.69) is 12.2 Å². The molecule has 2 N–H and O–H groups in total. The number of rotatable bonds is 3. The van der Waals surface area contributed by atoms with Gasteiger partial charge in [0.25, 0.3) is 0 Å². The van der Waals surface area contributed by atoms with E-state index in [1.165, 1.54) is 20.8 Å². The Hall–Kier alpha value is -0.850. The first-order chi connectivity index (χ1) is 6.96. The minimum atomic E-state index is -4.87. The number of halogens is 3. The first kappa shape index (κ1) is 15.2. The van der Waals surface area contributed by atoms with Gasteiger partial charge in [0.1, 0.15) is 0 Å². The minimum Gasteiger partial charge on any atom is -0.393 e. The van der Waals surface area contributed by atoms with E-state index in [9.17, 15) is 18.0 Å². The normalized spacial score (nSPS) is 12.4. The van der Waals surface area contributed by atoms with Gasteiger partial charge >= 0.3 is 12.1 Å². The Bertz CT molecular complexity index is 283. The summed E-state index contributed by atoms with van der Waals surface area (Å²) in [6.07, 6.45) is -4.79. The Kier molecular flexibility index (Phi) is 4.72. The predicted molar refractivity (Wildman–Crippen MR) is 58.9 cm³/mol. The molecule has 0 aliphatic carbocycles. The number of alkyl halides is 3. The zero-order valence-corrected chi connectivity index (χ0v) is 10.2. The van der Waals surface area contributed by atoms with Crippen LogP contribution in [0.1, 0.15) is 27.2 Å². The van der Waals surface area contributed by atoms with Crippen molar-refractivity contribution in [1.29, 1.82) is 0 Å². The van der Waals surface area contributed by atoms with E-state index >= 15 is 0 Å². The summed E-state index contributed by atoms with van der Waals surface area (Å²) in [4.78, 5) is 12.0. The van der Waals surface area contributed by atoms with Gasteiger partial charge in [-0.1, -0.05) is 12.2 Å². The topological polar surface area (TPSA) is 46.3 Å². The number of nitrogens with zero attached hydrogens (tertiary/aromatic N) is 1. The van der Waals surface area contributed by atoms with Crippen LogP contribution in [0.4, 0.5) is 13.2 Å². The van der Waals surface area contributed by atoms with Crippen LogP contribution in [-0.2, 0) is 4.79 Å². The van der Waals surface area contributed by atoms with Gasteiger partial charge in [-0.2, -0.15) is 13.2 Å². The Morgan fingerprint density at radius 2 is 1.75 bits per heavy atom. The molecule has 0 saturated heterocycles. The molecule has 0 aromatic carbocycles. The van der Waals surface area contributed by atoms with Crippen molar-refractivity contribution in [3.05, 3.63) is 0 Å². The largest absolute Gasteiger partial charge is 0.471 e. The van der Waals surface area contributed by atoms with Crippen molar-refractivity contribution in [2.45, 2.75) is 38.9 Å². The van der Waals surface area contributed by atoms with E-state index in [1.54, 1.807) is 0 Å². The van der Waals surface area contributed by atoms with Gasteiger partial charge in [-0.05, 0) is 20.8 Å². The third-order valence-corrected chi connectivity index (χ3v) is 2.08. The highest BCUT2D eigenvalue weighted by atomic mass is 32.1. The zero-order valence-electron chi connectivity index (χ0n) is 9.39. The Morgan fingerprint density at radius 3 is 2.00 bits per heavy atom. The van der Waals surface area contributed by atoms with E-state index in [0.29, 0.717) is 0 Å². The molecule has 0 atom stereocenters. The highest BCUT2D eigenvalue weighted by Crippen LogP contribution is 2.24. The fourth-order valence-corrected chi connectivity index (χ4v) is 1.21. The maximum Gasteiger partial charge on any atom is 0.471 e. The lowest BCUT2D eigenvalue weighted by atomic mass is 10.1. The molecule has 0 heterocycles. The maximum atomic E-state index is 12.3. The average molecular weight is 256 g/mol. The second-order valence-electron chi connectivity index (χ2n) is 4.34. The van der Waals surface area contributed by atoms with Gasteiger partial charge in [-0.15, -0.1) is 0 Å². The highest BCUT2D eigenvalue weighted by Gasteiger charge is 2.45.